The molecule has 0 unspecified atom stereocenters. The van der Waals surface area contributed by atoms with Crippen LogP contribution in [0.25, 0.3) is 10.9 Å². The summed E-state index contributed by atoms with van der Waals surface area (Å²) in [6, 6.07) is 4.58. The molecule has 1 aromatic carbocycles. The monoisotopic (exact) mass is 290 g/mol. The molecule has 110 valence electrons. The predicted octanol–water partition coefficient (Wildman–Crippen LogP) is 2.21. The number of pyridine rings is 1. The third-order valence-corrected chi connectivity index (χ3v) is 3.12. The molecular weight excluding hydrogens is 275 g/mol. The number of carbonyl (C=O) groups is 2. The lowest BCUT2D eigenvalue weighted by molar-refractivity contribution is -0.140. The zero-order valence-electron chi connectivity index (χ0n) is 11.6. The van der Waals surface area contributed by atoms with Gasteiger partial charge in [0.05, 0.1) is 11.1 Å². The van der Waals surface area contributed by atoms with E-state index in [0.29, 0.717) is 10.9 Å². The van der Waals surface area contributed by atoms with Gasteiger partial charge in [0.2, 0.25) is 0 Å². The van der Waals surface area contributed by atoms with Crippen LogP contribution in [0.4, 0.5) is 4.39 Å². The lowest BCUT2D eigenvalue weighted by atomic mass is 10.0. The number of aromatic nitrogens is 1. The van der Waals surface area contributed by atoms with E-state index in [2.05, 4.69) is 10.3 Å². The van der Waals surface area contributed by atoms with Gasteiger partial charge in [-0.25, -0.2) is 9.18 Å². The Kier molecular flexibility index (Phi) is 4.16. The summed E-state index contributed by atoms with van der Waals surface area (Å²) in [4.78, 5) is 27.2. The van der Waals surface area contributed by atoms with Crippen molar-refractivity contribution >= 4 is 22.8 Å². The van der Waals surface area contributed by atoms with Gasteiger partial charge in [0.1, 0.15) is 11.9 Å². The summed E-state index contributed by atoms with van der Waals surface area (Å²) in [5.74, 6) is -2.32. The van der Waals surface area contributed by atoms with Crippen molar-refractivity contribution in [3.8, 4) is 0 Å². The van der Waals surface area contributed by atoms with Crippen LogP contribution in [0.2, 0.25) is 0 Å². The molecule has 0 fully saturated rings. The average Bonchev–Trinajstić information content (AvgIpc) is 2.42. The molecule has 1 aromatic heterocycles. The van der Waals surface area contributed by atoms with Crippen molar-refractivity contribution in [3.63, 3.8) is 0 Å². The van der Waals surface area contributed by atoms with Crippen LogP contribution < -0.4 is 5.32 Å². The summed E-state index contributed by atoms with van der Waals surface area (Å²) < 4.78 is 13.2. The third-order valence-electron chi connectivity index (χ3n) is 3.12. The molecule has 0 aliphatic heterocycles. The SMILES string of the molecule is CC(C)[C@H](NC(=O)c1cnc2ccc(F)cc2c1)C(=O)O. The fourth-order valence-electron chi connectivity index (χ4n) is 1.96. The zero-order chi connectivity index (χ0) is 15.6. The molecule has 0 bridgehead atoms. The summed E-state index contributed by atoms with van der Waals surface area (Å²) >= 11 is 0. The molecule has 21 heavy (non-hydrogen) atoms. The molecule has 0 aliphatic rings. The van der Waals surface area contributed by atoms with E-state index < -0.39 is 23.7 Å². The van der Waals surface area contributed by atoms with E-state index in [1.165, 1.54) is 30.5 Å². The van der Waals surface area contributed by atoms with Crippen LogP contribution in [0.3, 0.4) is 0 Å². The first-order valence-electron chi connectivity index (χ1n) is 6.47. The maximum absolute atomic E-state index is 13.2. The van der Waals surface area contributed by atoms with Crippen molar-refractivity contribution in [2.45, 2.75) is 19.9 Å². The fraction of sp³-hybridized carbons (Fsp3) is 0.267. The van der Waals surface area contributed by atoms with Crippen molar-refractivity contribution in [2.24, 2.45) is 5.92 Å². The van der Waals surface area contributed by atoms with Gasteiger partial charge in [-0.3, -0.25) is 9.78 Å². The molecule has 0 saturated heterocycles. The first-order valence-corrected chi connectivity index (χ1v) is 6.47. The second kappa shape index (κ2) is 5.87. The van der Waals surface area contributed by atoms with Crippen LogP contribution in [-0.4, -0.2) is 28.0 Å². The van der Waals surface area contributed by atoms with Gasteiger partial charge in [-0.05, 0) is 30.2 Å². The van der Waals surface area contributed by atoms with E-state index in [1.807, 2.05) is 0 Å². The van der Waals surface area contributed by atoms with Crippen molar-refractivity contribution in [1.29, 1.82) is 0 Å². The van der Waals surface area contributed by atoms with E-state index in [9.17, 15) is 14.0 Å². The van der Waals surface area contributed by atoms with Gasteiger partial charge in [0.25, 0.3) is 5.91 Å². The number of aliphatic carboxylic acids is 1. The van der Waals surface area contributed by atoms with Gasteiger partial charge in [-0.2, -0.15) is 0 Å². The van der Waals surface area contributed by atoms with Crippen LogP contribution in [0.15, 0.2) is 30.5 Å². The highest BCUT2D eigenvalue weighted by Crippen LogP contribution is 2.15. The number of rotatable bonds is 4. The van der Waals surface area contributed by atoms with E-state index in [0.717, 1.165) is 0 Å². The summed E-state index contributed by atoms with van der Waals surface area (Å²) in [7, 11) is 0. The van der Waals surface area contributed by atoms with Gasteiger partial charge in [0, 0.05) is 11.6 Å². The number of amides is 1. The Morgan fingerprint density at radius 2 is 2.00 bits per heavy atom. The molecule has 5 nitrogen and oxygen atoms in total. The average molecular weight is 290 g/mol. The number of hydrogen-bond acceptors (Lipinski definition) is 3. The van der Waals surface area contributed by atoms with Crippen LogP contribution in [0.1, 0.15) is 24.2 Å². The molecule has 6 heteroatoms. The summed E-state index contributed by atoms with van der Waals surface area (Å²) in [6.07, 6.45) is 1.34. The summed E-state index contributed by atoms with van der Waals surface area (Å²) in [5, 5.41) is 12.0. The molecule has 1 amide bonds. The van der Waals surface area contributed by atoms with E-state index in [4.69, 9.17) is 5.11 Å². The number of nitrogens with zero attached hydrogens (tertiary/aromatic N) is 1. The fourth-order valence-corrected chi connectivity index (χ4v) is 1.96. The number of fused-ring (bicyclic) bond motifs is 1. The molecule has 0 radical (unpaired) electrons. The Morgan fingerprint density at radius 1 is 1.29 bits per heavy atom. The van der Waals surface area contributed by atoms with Crippen molar-refractivity contribution in [1.82, 2.24) is 10.3 Å². The second-order valence-corrected chi connectivity index (χ2v) is 5.09. The number of hydrogen-bond donors (Lipinski definition) is 2. The maximum Gasteiger partial charge on any atom is 0.326 e. The highest BCUT2D eigenvalue weighted by atomic mass is 19.1. The minimum absolute atomic E-state index is 0.194. The molecule has 0 saturated carbocycles. The smallest absolute Gasteiger partial charge is 0.326 e. The summed E-state index contributed by atoms with van der Waals surface area (Å²) in [6.45, 7) is 3.40. The normalized spacial score (nSPS) is 12.4. The number of benzene rings is 1. The molecule has 2 aromatic rings. The van der Waals surface area contributed by atoms with Crippen molar-refractivity contribution in [3.05, 3.63) is 41.8 Å². The minimum Gasteiger partial charge on any atom is -0.480 e. The third kappa shape index (κ3) is 3.34. The highest BCUT2D eigenvalue weighted by molar-refractivity contribution is 5.99. The maximum atomic E-state index is 13.2. The van der Waals surface area contributed by atoms with Gasteiger partial charge in [-0.15, -0.1) is 0 Å². The van der Waals surface area contributed by atoms with Crippen LogP contribution in [0, 0.1) is 11.7 Å². The van der Waals surface area contributed by atoms with Gasteiger partial charge in [-0.1, -0.05) is 13.8 Å². The quantitative estimate of drug-likeness (QED) is 0.904. The highest BCUT2D eigenvalue weighted by Gasteiger charge is 2.24. The van der Waals surface area contributed by atoms with Gasteiger partial charge in [0.15, 0.2) is 0 Å². The zero-order valence-corrected chi connectivity index (χ0v) is 11.6. The summed E-state index contributed by atoms with van der Waals surface area (Å²) in [5.41, 5.74) is 0.756. The van der Waals surface area contributed by atoms with Gasteiger partial charge < -0.3 is 10.4 Å². The first-order chi connectivity index (χ1) is 9.88. The molecule has 0 aliphatic carbocycles. The largest absolute Gasteiger partial charge is 0.480 e. The van der Waals surface area contributed by atoms with E-state index in [1.54, 1.807) is 13.8 Å². The molecule has 1 heterocycles. The number of carboxylic acids is 1. The standard InChI is InChI=1S/C15H15FN2O3/c1-8(2)13(15(20)21)18-14(19)10-5-9-6-11(16)3-4-12(9)17-7-10/h3-8,13H,1-2H3,(H,18,19)(H,20,21)/t13-/m0/s1. The topological polar surface area (TPSA) is 79.3 Å². The lowest BCUT2D eigenvalue weighted by Gasteiger charge is -2.17. The Balaban J connectivity index is 2.28. The van der Waals surface area contributed by atoms with Crippen LogP contribution in [-0.2, 0) is 4.79 Å². The van der Waals surface area contributed by atoms with Crippen molar-refractivity contribution in [2.75, 3.05) is 0 Å². The van der Waals surface area contributed by atoms with Crippen LogP contribution in [0.5, 0.6) is 0 Å². The molecule has 2 rings (SSSR count). The Labute approximate surface area is 120 Å². The second-order valence-electron chi connectivity index (χ2n) is 5.09. The molecule has 2 N–H and O–H groups in total. The number of halogens is 1. The lowest BCUT2D eigenvalue weighted by Crippen LogP contribution is -2.44. The molecular formula is C15H15FN2O3. The first kappa shape index (κ1) is 14.9. The Morgan fingerprint density at radius 3 is 2.62 bits per heavy atom. The van der Waals surface area contributed by atoms with E-state index in [-0.39, 0.29) is 11.5 Å². The number of carbonyl (C=O) groups excluding carboxylic acids is 1. The molecule has 1 atom stereocenters. The number of carboxylic acid groups (broad SMARTS) is 1. The van der Waals surface area contributed by atoms with E-state index >= 15 is 0 Å². The Hall–Kier alpha value is -2.50. The van der Waals surface area contributed by atoms with Crippen LogP contribution >= 0.6 is 0 Å². The minimum atomic E-state index is -1.10. The predicted molar refractivity (Wildman–Crippen MR) is 75.4 cm³/mol. The molecule has 0 spiro atoms. The van der Waals surface area contributed by atoms with Gasteiger partial charge >= 0.3 is 5.97 Å². The number of nitrogens with one attached hydrogen (secondary N) is 1. The van der Waals surface area contributed by atoms with Crippen molar-refractivity contribution < 1.29 is 19.1 Å². The Bertz CT molecular complexity index is 700.